The fraction of sp³-hybridized carbons (Fsp3) is 0.333. The van der Waals surface area contributed by atoms with E-state index in [2.05, 4.69) is 15.5 Å². The minimum atomic E-state index is -0.537. The van der Waals surface area contributed by atoms with Gasteiger partial charge in [-0.05, 0) is 62.6 Å². The maximum atomic E-state index is 12.8. The lowest BCUT2D eigenvalue weighted by Crippen LogP contribution is -2.39. The first-order valence-electron chi connectivity index (χ1n) is 10.8. The van der Waals surface area contributed by atoms with Crippen LogP contribution in [0.3, 0.4) is 0 Å². The van der Waals surface area contributed by atoms with Gasteiger partial charge in [0.05, 0.1) is 5.02 Å². The van der Waals surface area contributed by atoms with E-state index in [1.807, 2.05) is 45.0 Å². The van der Waals surface area contributed by atoms with Crippen molar-refractivity contribution < 1.29 is 19.1 Å². The smallest absolute Gasteiger partial charge is 0.410 e. The van der Waals surface area contributed by atoms with E-state index in [0.717, 1.165) is 11.1 Å². The molecule has 1 aliphatic rings. The van der Waals surface area contributed by atoms with Crippen molar-refractivity contribution in [3.8, 4) is 5.75 Å². The number of rotatable bonds is 5. The summed E-state index contributed by atoms with van der Waals surface area (Å²) in [5.41, 5.74) is 2.03. The Morgan fingerprint density at radius 1 is 1.15 bits per heavy atom. The topological polar surface area (TPSA) is 93.7 Å². The molecule has 4 rings (SSSR count). The van der Waals surface area contributed by atoms with E-state index in [4.69, 9.17) is 21.1 Å². The summed E-state index contributed by atoms with van der Waals surface area (Å²) >= 11 is 7.33. The zero-order chi connectivity index (χ0) is 24.3. The molecule has 0 aliphatic carbocycles. The summed E-state index contributed by atoms with van der Waals surface area (Å²) in [6.07, 6.45) is 0.323. The van der Waals surface area contributed by atoms with Gasteiger partial charge < -0.3 is 14.4 Å². The fourth-order valence-electron chi connectivity index (χ4n) is 3.41. The first kappa shape index (κ1) is 24.0. The van der Waals surface area contributed by atoms with Crippen LogP contribution >= 0.6 is 22.9 Å². The normalized spacial score (nSPS) is 13.2. The minimum Gasteiger partial charge on any atom is -0.485 e. The number of anilines is 1. The van der Waals surface area contributed by atoms with Gasteiger partial charge in [0.15, 0.2) is 5.01 Å². The molecule has 178 valence electrons. The molecule has 34 heavy (non-hydrogen) atoms. The molecule has 8 nitrogen and oxygen atoms in total. The Labute approximate surface area is 206 Å². The molecule has 0 radical (unpaired) electrons. The number of para-hydroxylation sites is 1. The first-order valence-corrected chi connectivity index (χ1v) is 12.0. The molecule has 2 aromatic carbocycles. The second-order valence-electron chi connectivity index (χ2n) is 8.81. The highest BCUT2D eigenvalue weighted by atomic mass is 35.5. The number of ether oxygens (including phenoxy) is 2. The third kappa shape index (κ3) is 6.03. The third-order valence-corrected chi connectivity index (χ3v) is 6.13. The summed E-state index contributed by atoms with van der Waals surface area (Å²) in [6.45, 7) is 6.74. The van der Waals surface area contributed by atoms with Crippen LogP contribution in [0.4, 0.5) is 9.93 Å². The maximum Gasteiger partial charge on any atom is 0.410 e. The van der Waals surface area contributed by atoms with Crippen LogP contribution in [0.1, 0.15) is 47.3 Å². The molecule has 0 bridgehead atoms. The Bertz CT molecular complexity index is 1210. The lowest BCUT2D eigenvalue weighted by molar-refractivity contribution is 0.0224. The van der Waals surface area contributed by atoms with Crippen molar-refractivity contribution in [2.75, 3.05) is 11.9 Å². The number of nitrogens with one attached hydrogen (secondary N) is 1. The van der Waals surface area contributed by atoms with Crippen molar-refractivity contribution in [1.82, 2.24) is 15.1 Å². The average Bonchev–Trinajstić information content (AvgIpc) is 3.24. The van der Waals surface area contributed by atoms with Crippen LogP contribution in [0, 0.1) is 0 Å². The van der Waals surface area contributed by atoms with Gasteiger partial charge in [0.2, 0.25) is 5.13 Å². The van der Waals surface area contributed by atoms with E-state index in [0.29, 0.717) is 46.0 Å². The number of fused-ring (bicyclic) bond motifs is 1. The van der Waals surface area contributed by atoms with Crippen LogP contribution in [0.5, 0.6) is 5.75 Å². The summed E-state index contributed by atoms with van der Waals surface area (Å²) in [7, 11) is 0. The van der Waals surface area contributed by atoms with Crippen molar-refractivity contribution in [3.05, 3.63) is 69.2 Å². The van der Waals surface area contributed by atoms with E-state index in [9.17, 15) is 9.59 Å². The van der Waals surface area contributed by atoms with Gasteiger partial charge in [-0.1, -0.05) is 41.1 Å². The number of hydrogen-bond donors (Lipinski definition) is 1. The van der Waals surface area contributed by atoms with Gasteiger partial charge in [0, 0.05) is 18.7 Å². The van der Waals surface area contributed by atoms with Crippen LogP contribution < -0.4 is 10.1 Å². The largest absolute Gasteiger partial charge is 0.485 e. The van der Waals surface area contributed by atoms with Gasteiger partial charge in [-0.3, -0.25) is 10.1 Å². The van der Waals surface area contributed by atoms with Gasteiger partial charge in [-0.15, -0.1) is 10.2 Å². The molecule has 0 fully saturated rings. The van der Waals surface area contributed by atoms with E-state index >= 15 is 0 Å². The van der Waals surface area contributed by atoms with Gasteiger partial charge in [0.25, 0.3) is 5.91 Å². The van der Waals surface area contributed by atoms with E-state index in [1.165, 1.54) is 11.3 Å². The molecule has 1 N–H and O–H groups in total. The number of benzene rings is 2. The highest BCUT2D eigenvalue weighted by Crippen LogP contribution is 2.26. The second kappa shape index (κ2) is 9.99. The van der Waals surface area contributed by atoms with Crippen LogP contribution in [-0.2, 0) is 24.3 Å². The molecule has 3 aromatic rings. The molecule has 2 heterocycles. The summed E-state index contributed by atoms with van der Waals surface area (Å²) in [6, 6.07) is 12.7. The second-order valence-corrected chi connectivity index (χ2v) is 10.3. The SMILES string of the molecule is CC(C)(C)OC(=O)N1CCc2cc(C(=O)Nc3nnc(COc4ccccc4Cl)s3)ccc2C1. The highest BCUT2D eigenvalue weighted by molar-refractivity contribution is 7.15. The molecule has 1 aliphatic heterocycles. The standard InChI is InChI=1S/C24H25ClN4O4S/c1-24(2,3)33-23(31)29-11-10-15-12-16(8-9-17(15)13-29)21(30)26-22-28-27-20(34-22)14-32-19-7-5-4-6-18(19)25/h4-9,12H,10-11,13-14H2,1-3H3,(H,26,28,30). The van der Waals surface area contributed by atoms with E-state index in [1.54, 1.807) is 23.1 Å². The lowest BCUT2D eigenvalue weighted by Gasteiger charge is -2.31. The minimum absolute atomic E-state index is 0.199. The molecule has 0 unspecified atom stereocenters. The Morgan fingerprint density at radius 3 is 2.71 bits per heavy atom. The molecule has 0 spiro atoms. The molecule has 0 saturated heterocycles. The Balaban J connectivity index is 1.35. The van der Waals surface area contributed by atoms with Crippen molar-refractivity contribution in [2.45, 2.75) is 45.9 Å². The van der Waals surface area contributed by atoms with Crippen LogP contribution in [-0.4, -0.2) is 39.2 Å². The van der Waals surface area contributed by atoms with Crippen LogP contribution in [0.2, 0.25) is 5.02 Å². The quantitative estimate of drug-likeness (QED) is 0.510. The van der Waals surface area contributed by atoms with Gasteiger partial charge in [0.1, 0.15) is 18.0 Å². The third-order valence-electron chi connectivity index (χ3n) is 5.01. The fourth-order valence-corrected chi connectivity index (χ4v) is 4.25. The molecular formula is C24H25ClN4O4S. The number of nitrogens with zero attached hydrogens (tertiary/aromatic N) is 3. The summed E-state index contributed by atoms with van der Waals surface area (Å²) in [5.74, 6) is 0.288. The summed E-state index contributed by atoms with van der Waals surface area (Å²) in [4.78, 5) is 26.8. The van der Waals surface area contributed by atoms with E-state index in [-0.39, 0.29) is 18.6 Å². The van der Waals surface area contributed by atoms with Crippen molar-refractivity contribution in [3.63, 3.8) is 0 Å². The zero-order valence-electron chi connectivity index (χ0n) is 19.1. The Kier molecular flexibility index (Phi) is 7.04. The first-order chi connectivity index (χ1) is 16.2. The molecule has 2 amide bonds. The number of carbonyl (C=O) groups is 2. The highest BCUT2D eigenvalue weighted by Gasteiger charge is 2.26. The molecule has 10 heteroatoms. The van der Waals surface area contributed by atoms with Gasteiger partial charge in [-0.25, -0.2) is 4.79 Å². The van der Waals surface area contributed by atoms with Gasteiger partial charge in [-0.2, -0.15) is 0 Å². The number of aromatic nitrogens is 2. The summed E-state index contributed by atoms with van der Waals surface area (Å²) in [5, 5.41) is 12.4. The average molecular weight is 501 g/mol. The maximum absolute atomic E-state index is 12.8. The van der Waals surface area contributed by atoms with Gasteiger partial charge >= 0.3 is 6.09 Å². The Hall–Kier alpha value is -3.17. The van der Waals surface area contributed by atoms with Crippen LogP contribution in [0.15, 0.2) is 42.5 Å². The Morgan fingerprint density at radius 2 is 1.94 bits per heavy atom. The molecule has 0 atom stereocenters. The van der Waals surface area contributed by atoms with Crippen molar-refractivity contribution >= 4 is 40.1 Å². The zero-order valence-corrected chi connectivity index (χ0v) is 20.7. The summed E-state index contributed by atoms with van der Waals surface area (Å²) < 4.78 is 11.1. The molecule has 1 aromatic heterocycles. The number of hydrogen-bond acceptors (Lipinski definition) is 7. The van der Waals surface area contributed by atoms with Crippen molar-refractivity contribution in [1.29, 1.82) is 0 Å². The predicted molar refractivity (Wildman–Crippen MR) is 130 cm³/mol. The van der Waals surface area contributed by atoms with E-state index < -0.39 is 5.60 Å². The lowest BCUT2D eigenvalue weighted by atomic mass is 9.97. The monoisotopic (exact) mass is 500 g/mol. The van der Waals surface area contributed by atoms with Crippen LogP contribution in [0.25, 0.3) is 0 Å². The number of halogens is 1. The number of carbonyl (C=O) groups excluding carboxylic acids is 2. The molecular weight excluding hydrogens is 476 g/mol. The van der Waals surface area contributed by atoms with Crippen molar-refractivity contribution in [2.24, 2.45) is 0 Å². The number of amides is 2. The predicted octanol–water partition coefficient (Wildman–Crippen LogP) is 5.32. The molecule has 0 saturated carbocycles.